The van der Waals surface area contributed by atoms with E-state index in [1.807, 2.05) is 0 Å². The van der Waals surface area contributed by atoms with E-state index in [0.29, 0.717) is 28.8 Å². The Morgan fingerprint density at radius 2 is 2.10 bits per heavy atom. The van der Waals surface area contributed by atoms with Crippen molar-refractivity contribution in [3.63, 3.8) is 0 Å². The highest BCUT2D eigenvalue weighted by molar-refractivity contribution is 5.78. The first-order valence-corrected chi connectivity index (χ1v) is 5.85. The minimum absolute atomic E-state index is 0.166. The molecule has 1 aromatic heterocycles. The zero-order valence-corrected chi connectivity index (χ0v) is 11.0. The molecule has 0 bridgehead atoms. The number of carbonyl (C=O) groups excluding carboxylic acids is 1. The van der Waals surface area contributed by atoms with Crippen molar-refractivity contribution >= 4 is 12.0 Å². The summed E-state index contributed by atoms with van der Waals surface area (Å²) < 4.78 is 14.9. The summed E-state index contributed by atoms with van der Waals surface area (Å²) >= 11 is 0. The van der Waals surface area contributed by atoms with Crippen LogP contribution in [0.4, 0.5) is 10.1 Å². The van der Waals surface area contributed by atoms with Gasteiger partial charge in [-0.15, -0.1) is 0 Å². The van der Waals surface area contributed by atoms with Crippen LogP contribution in [0, 0.1) is 29.8 Å². The third kappa shape index (κ3) is 2.56. The topological polar surface area (TPSA) is 78.0 Å². The highest BCUT2D eigenvalue weighted by Gasteiger charge is 2.14. The van der Waals surface area contributed by atoms with Crippen LogP contribution in [0.3, 0.4) is 0 Å². The van der Waals surface area contributed by atoms with Gasteiger partial charge in [-0.05, 0) is 25.5 Å². The summed E-state index contributed by atoms with van der Waals surface area (Å²) in [6.07, 6.45) is 0.711. The van der Waals surface area contributed by atoms with Crippen molar-refractivity contribution in [2.45, 2.75) is 20.4 Å². The van der Waals surface area contributed by atoms with E-state index in [9.17, 15) is 19.3 Å². The third-order valence-corrected chi connectivity index (χ3v) is 3.04. The number of aryl methyl sites for hydroxylation is 1. The number of nitrogens with zero attached hydrogens (tertiary/aromatic N) is 3. The van der Waals surface area contributed by atoms with Crippen LogP contribution in [0.2, 0.25) is 0 Å². The fourth-order valence-electron chi connectivity index (χ4n) is 2.04. The second-order valence-electron chi connectivity index (χ2n) is 4.43. The van der Waals surface area contributed by atoms with Gasteiger partial charge in [-0.25, -0.2) is 4.39 Å². The van der Waals surface area contributed by atoms with E-state index in [0.717, 1.165) is 6.07 Å². The molecule has 0 radical (unpaired) electrons. The molecule has 0 saturated carbocycles. The minimum atomic E-state index is -0.675. The van der Waals surface area contributed by atoms with Gasteiger partial charge < -0.3 is 0 Å². The van der Waals surface area contributed by atoms with Crippen molar-refractivity contribution < 1.29 is 14.1 Å². The Bertz CT molecular complexity index is 694. The van der Waals surface area contributed by atoms with Crippen LogP contribution < -0.4 is 0 Å². The summed E-state index contributed by atoms with van der Waals surface area (Å²) in [6, 6.07) is 3.37. The van der Waals surface area contributed by atoms with Crippen molar-refractivity contribution in [2.24, 2.45) is 0 Å². The van der Waals surface area contributed by atoms with E-state index in [1.165, 1.54) is 16.8 Å². The van der Waals surface area contributed by atoms with E-state index in [1.54, 1.807) is 13.8 Å². The molecule has 20 heavy (non-hydrogen) atoms. The standard InChI is InChI=1S/C13H12FN3O3/c1-8-13(7-18)9(2)16(15-8)6-10-3-11(14)5-12(4-10)17(19)20/h3-5,7H,6H2,1-2H3. The van der Waals surface area contributed by atoms with Crippen LogP contribution in [0.1, 0.15) is 27.3 Å². The quantitative estimate of drug-likeness (QED) is 0.488. The summed E-state index contributed by atoms with van der Waals surface area (Å²) in [7, 11) is 0. The summed E-state index contributed by atoms with van der Waals surface area (Å²) in [5, 5.41) is 14.9. The molecule has 0 spiro atoms. The predicted molar refractivity (Wildman–Crippen MR) is 69.2 cm³/mol. The maximum Gasteiger partial charge on any atom is 0.272 e. The van der Waals surface area contributed by atoms with Crippen molar-refractivity contribution in [3.8, 4) is 0 Å². The Balaban J connectivity index is 2.40. The number of non-ortho nitro benzene ring substituents is 1. The maximum absolute atomic E-state index is 13.4. The Hall–Kier alpha value is -2.57. The summed E-state index contributed by atoms with van der Waals surface area (Å²) in [5.41, 5.74) is 1.81. The Labute approximate surface area is 114 Å². The molecule has 7 heteroatoms. The molecule has 2 aromatic rings. The minimum Gasteiger partial charge on any atom is -0.298 e. The molecule has 0 fully saturated rings. The average molecular weight is 277 g/mol. The van der Waals surface area contributed by atoms with Gasteiger partial charge in [0.25, 0.3) is 5.69 Å². The van der Waals surface area contributed by atoms with Gasteiger partial charge in [0.1, 0.15) is 5.82 Å². The van der Waals surface area contributed by atoms with Crippen molar-refractivity contribution in [2.75, 3.05) is 0 Å². The van der Waals surface area contributed by atoms with Crippen LogP contribution in [0.25, 0.3) is 0 Å². The number of carbonyl (C=O) groups is 1. The fourth-order valence-corrected chi connectivity index (χ4v) is 2.04. The number of halogens is 1. The van der Waals surface area contributed by atoms with E-state index in [-0.39, 0.29) is 12.2 Å². The van der Waals surface area contributed by atoms with Gasteiger partial charge in [-0.2, -0.15) is 5.10 Å². The molecule has 0 saturated heterocycles. The predicted octanol–water partition coefficient (Wildman–Crippen LogP) is 2.41. The number of hydrogen-bond donors (Lipinski definition) is 0. The Kier molecular flexibility index (Phi) is 3.60. The summed E-state index contributed by atoms with van der Waals surface area (Å²) in [5.74, 6) is -0.675. The largest absolute Gasteiger partial charge is 0.298 e. The molecule has 0 N–H and O–H groups in total. The lowest BCUT2D eigenvalue weighted by Crippen LogP contribution is -2.05. The number of nitro groups is 1. The lowest BCUT2D eigenvalue weighted by molar-refractivity contribution is -0.385. The molecule has 0 amide bonds. The first kappa shape index (κ1) is 13.9. The molecule has 0 aliphatic rings. The van der Waals surface area contributed by atoms with Crippen LogP contribution in [0.15, 0.2) is 18.2 Å². The number of nitro benzene ring substituents is 1. The maximum atomic E-state index is 13.4. The fraction of sp³-hybridized carbons (Fsp3) is 0.231. The average Bonchev–Trinajstić information content (AvgIpc) is 2.63. The first-order valence-electron chi connectivity index (χ1n) is 5.85. The monoisotopic (exact) mass is 277 g/mol. The number of aromatic nitrogens is 2. The third-order valence-electron chi connectivity index (χ3n) is 3.04. The van der Waals surface area contributed by atoms with E-state index < -0.39 is 10.7 Å². The highest BCUT2D eigenvalue weighted by Crippen LogP contribution is 2.18. The van der Waals surface area contributed by atoms with Crippen LogP contribution in [-0.2, 0) is 6.54 Å². The van der Waals surface area contributed by atoms with Crippen LogP contribution in [0.5, 0.6) is 0 Å². The summed E-state index contributed by atoms with van der Waals surface area (Å²) in [4.78, 5) is 21.0. The van der Waals surface area contributed by atoms with E-state index >= 15 is 0 Å². The molecule has 0 aliphatic heterocycles. The molecule has 0 aliphatic carbocycles. The number of hydrogen-bond acceptors (Lipinski definition) is 4. The van der Waals surface area contributed by atoms with Gasteiger partial charge in [-0.1, -0.05) is 0 Å². The second kappa shape index (κ2) is 5.20. The van der Waals surface area contributed by atoms with Crippen LogP contribution in [-0.4, -0.2) is 21.0 Å². The Morgan fingerprint density at radius 1 is 1.40 bits per heavy atom. The molecular weight excluding hydrogens is 265 g/mol. The first-order chi connectivity index (χ1) is 9.42. The SMILES string of the molecule is Cc1nn(Cc2cc(F)cc([N+](=O)[O-])c2)c(C)c1C=O. The van der Waals surface area contributed by atoms with Crippen molar-refractivity contribution in [3.05, 3.63) is 56.6 Å². The number of aldehydes is 1. The van der Waals surface area contributed by atoms with Crippen molar-refractivity contribution in [1.29, 1.82) is 0 Å². The second-order valence-corrected chi connectivity index (χ2v) is 4.43. The number of rotatable bonds is 4. The zero-order chi connectivity index (χ0) is 14.9. The van der Waals surface area contributed by atoms with Gasteiger partial charge in [0.05, 0.1) is 28.8 Å². The van der Waals surface area contributed by atoms with Crippen LogP contribution >= 0.6 is 0 Å². The molecule has 6 nitrogen and oxygen atoms in total. The van der Waals surface area contributed by atoms with Gasteiger partial charge in [0, 0.05) is 11.8 Å². The van der Waals surface area contributed by atoms with Gasteiger partial charge in [0.2, 0.25) is 0 Å². The highest BCUT2D eigenvalue weighted by atomic mass is 19.1. The smallest absolute Gasteiger partial charge is 0.272 e. The molecule has 1 aromatic carbocycles. The van der Waals surface area contributed by atoms with Gasteiger partial charge >= 0.3 is 0 Å². The molecule has 0 unspecified atom stereocenters. The Morgan fingerprint density at radius 3 is 2.65 bits per heavy atom. The van der Waals surface area contributed by atoms with Gasteiger partial charge in [-0.3, -0.25) is 19.6 Å². The molecule has 104 valence electrons. The molecular formula is C13H12FN3O3. The summed E-state index contributed by atoms with van der Waals surface area (Å²) in [6.45, 7) is 3.58. The zero-order valence-electron chi connectivity index (χ0n) is 11.0. The normalized spacial score (nSPS) is 10.6. The lowest BCUT2D eigenvalue weighted by Gasteiger charge is -2.05. The van der Waals surface area contributed by atoms with E-state index in [4.69, 9.17) is 0 Å². The molecule has 1 heterocycles. The van der Waals surface area contributed by atoms with E-state index in [2.05, 4.69) is 5.10 Å². The van der Waals surface area contributed by atoms with Gasteiger partial charge in [0.15, 0.2) is 6.29 Å². The lowest BCUT2D eigenvalue weighted by atomic mass is 10.2. The molecule has 2 rings (SSSR count). The van der Waals surface area contributed by atoms with Crippen molar-refractivity contribution in [1.82, 2.24) is 9.78 Å². The number of benzene rings is 1. The molecule has 0 atom stereocenters.